The van der Waals surface area contributed by atoms with Gasteiger partial charge in [0, 0.05) is 37.6 Å². The SMILES string of the molecule is Cc1ccc(C(N)=S)c(N(C)C2CCOCC2)c1. The summed E-state index contributed by atoms with van der Waals surface area (Å²) in [6, 6.07) is 6.73. The average molecular weight is 264 g/mol. The van der Waals surface area contributed by atoms with Gasteiger partial charge < -0.3 is 15.4 Å². The molecule has 2 N–H and O–H groups in total. The number of nitrogens with two attached hydrogens (primary N) is 1. The summed E-state index contributed by atoms with van der Waals surface area (Å²) in [5.74, 6) is 0. The first-order valence-corrected chi connectivity index (χ1v) is 6.71. The Labute approximate surface area is 114 Å². The highest BCUT2D eigenvalue weighted by Crippen LogP contribution is 2.26. The lowest BCUT2D eigenvalue weighted by Gasteiger charge is -2.34. The molecule has 0 amide bonds. The molecule has 18 heavy (non-hydrogen) atoms. The number of rotatable bonds is 3. The number of aryl methyl sites for hydroxylation is 1. The molecule has 0 unspecified atom stereocenters. The molecule has 0 aromatic heterocycles. The molecule has 1 aliphatic heterocycles. The molecule has 0 bridgehead atoms. The lowest BCUT2D eigenvalue weighted by Crippen LogP contribution is -2.37. The van der Waals surface area contributed by atoms with Crippen LogP contribution in [0.4, 0.5) is 5.69 Å². The smallest absolute Gasteiger partial charge is 0.106 e. The Morgan fingerprint density at radius 1 is 1.39 bits per heavy atom. The van der Waals surface area contributed by atoms with E-state index in [1.807, 2.05) is 6.07 Å². The number of anilines is 1. The lowest BCUT2D eigenvalue weighted by molar-refractivity contribution is 0.0855. The first-order chi connectivity index (χ1) is 8.59. The van der Waals surface area contributed by atoms with Crippen LogP contribution in [0.3, 0.4) is 0 Å². The van der Waals surface area contributed by atoms with Crippen molar-refractivity contribution in [2.75, 3.05) is 25.2 Å². The van der Waals surface area contributed by atoms with Gasteiger partial charge in [0.15, 0.2) is 0 Å². The number of ether oxygens (including phenoxy) is 1. The van der Waals surface area contributed by atoms with Gasteiger partial charge >= 0.3 is 0 Å². The molecule has 1 aromatic rings. The van der Waals surface area contributed by atoms with Crippen molar-refractivity contribution in [2.24, 2.45) is 5.73 Å². The molecule has 0 saturated carbocycles. The van der Waals surface area contributed by atoms with E-state index in [1.54, 1.807) is 0 Å². The molecule has 2 rings (SSSR count). The Bertz CT molecular complexity index is 441. The van der Waals surface area contributed by atoms with Gasteiger partial charge in [-0.1, -0.05) is 18.3 Å². The van der Waals surface area contributed by atoms with E-state index >= 15 is 0 Å². The zero-order valence-corrected chi connectivity index (χ0v) is 11.8. The molecule has 0 radical (unpaired) electrons. The highest BCUT2D eigenvalue weighted by molar-refractivity contribution is 7.80. The molecule has 0 spiro atoms. The molecule has 0 atom stereocenters. The van der Waals surface area contributed by atoms with Gasteiger partial charge in [-0.15, -0.1) is 0 Å². The second-order valence-corrected chi connectivity index (χ2v) is 5.28. The summed E-state index contributed by atoms with van der Waals surface area (Å²) in [6.07, 6.45) is 2.11. The summed E-state index contributed by atoms with van der Waals surface area (Å²) in [7, 11) is 2.12. The minimum atomic E-state index is 0.462. The maximum atomic E-state index is 5.81. The Morgan fingerprint density at radius 3 is 2.67 bits per heavy atom. The largest absolute Gasteiger partial charge is 0.389 e. The van der Waals surface area contributed by atoms with Gasteiger partial charge in [0.05, 0.1) is 0 Å². The monoisotopic (exact) mass is 264 g/mol. The summed E-state index contributed by atoms with van der Waals surface area (Å²) < 4.78 is 5.41. The van der Waals surface area contributed by atoms with Gasteiger partial charge in [-0.2, -0.15) is 0 Å². The van der Waals surface area contributed by atoms with Crippen LogP contribution in [0.15, 0.2) is 18.2 Å². The Balaban J connectivity index is 2.30. The fourth-order valence-corrected chi connectivity index (χ4v) is 2.58. The zero-order chi connectivity index (χ0) is 13.1. The van der Waals surface area contributed by atoms with E-state index < -0.39 is 0 Å². The maximum Gasteiger partial charge on any atom is 0.106 e. The van der Waals surface area contributed by atoms with Crippen LogP contribution in [0, 0.1) is 6.92 Å². The summed E-state index contributed by atoms with van der Waals surface area (Å²) in [6.45, 7) is 3.76. The van der Waals surface area contributed by atoms with Crippen LogP contribution < -0.4 is 10.6 Å². The van der Waals surface area contributed by atoms with Gasteiger partial charge in [0.25, 0.3) is 0 Å². The molecule has 3 nitrogen and oxygen atoms in total. The molecule has 1 aromatic carbocycles. The first-order valence-electron chi connectivity index (χ1n) is 6.30. The number of hydrogen-bond acceptors (Lipinski definition) is 3. The predicted octanol–water partition coefficient (Wildman–Crippen LogP) is 2.24. The van der Waals surface area contributed by atoms with Gasteiger partial charge in [0.1, 0.15) is 4.99 Å². The van der Waals surface area contributed by atoms with Gasteiger partial charge in [-0.3, -0.25) is 0 Å². The Hall–Kier alpha value is -1.13. The van der Waals surface area contributed by atoms with E-state index in [4.69, 9.17) is 22.7 Å². The number of benzene rings is 1. The number of thiocarbonyl (C=S) groups is 1. The molecule has 98 valence electrons. The molecular weight excluding hydrogens is 244 g/mol. The van der Waals surface area contributed by atoms with Crippen LogP contribution in [0.5, 0.6) is 0 Å². The topological polar surface area (TPSA) is 38.5 Å². The third-order valence-corrected chi connectivity index (χ3v) is 3.76. The van der Waals surface area contributed by atoms with E-state index in [0.29, 0.717) is 11.0 Å². The van der Waals surface area contributed by atoms with Crippen LogP contribution in [0.25, 0.3) is 0 Å². The van der Waals surface area contributed by atoms with Crippen molar-refractivity contribution in [3.63, 3.8) is 0 Å². The minimum absolute atomic E-state index is 0.462. The Morgan fingerprint density at radius 2 is 2.06 bits per heavy atom. The molecule has 1 saturated heterocycles. The third kappa shape index (κ3) is 2.82. The maximum absolute atomic E-state index is 5.81. The standard InChI is InChI=1S/C14H20N2OS/c1-10-3-4-12(14(15)18)13(9-10)16(2)11-5-7-17-8-6-11/h3-4,9,11H,5-8H2,1-2H3,(H2,15,18). The van der Waals surface area contributed by atoms with Crippen LogP contribution in [0.1, 0.15) is 24.0 Å². The van der Waals surface area contributed by atoms with Crippen LogP contribution in [0.2, 0.25) is 0 Å². The minimum Gasteiger partial charge on any atom is -0.389 e. The second-order valence-electron chi connectivity index (χ2n) is 4.84. The highest BCUT2D eigenvalue weighted by atomic mass is 32.1. The third-order valence-electron chi connectivity index (χ3n) is 3.54. The molecule has 1 heterocycles. The van der Waals surface area contributed by atoms with Crippen LogP contribution >= 0.6 is 12.2 Å². The fraction of sp³-hybridized carbons (Fsp3) is 0.500. The average Bonchev–Trinajstić information content (AvgIpc) is 2.38. The Kier molecular flexibility index (Phi) is 4.19. The van der Waals surface area contributed by atoms with Crippen molar-refractivity contribution in [1.29, 1.82) is 0 Å². The quantitative estimate of drug-likeness (QED) is 0.850. The second kappa shape index (κ2) is 5.67. The summed E-state index contributed by atoms with van der Waals surface area (Å²) in [4.78, 5) is 2.76. The van der Waals surface area contributed by atoms with Crippen molar-refractivity contribution in [2.45, 2.75) is 25.8 Å². The van der Waals surface area contributed by atoms with Crippen molar-refractivity contribution >= 4 is 22.9 Å². The lowest BCUT2D eigenvalue weighted by atomic mass is 10.0. The van der Waals surface area contributed by atoms with Crippen molar-refractivity contribution in [1.82, 2.24) is 0 Å². The summed E-state index contributed by atoms with van der Waals surface area (Å²) in [5.41, 5.74) is 9.13. The zero-order valence-electron chi connectivity index (χ0n) is 11.0. The molecular formula is C14H20N2OS. The highest BCUT2D eigenvalue weighted by Gasteiger charge is 2.21. The van der Waals surface area contributed by atoms with E-state index in [2.05, 4.69) is 31.0 Å². The van der Waals surface area contributed by atoms with E-state index in [9.17, 15) is 0 Å². The number of nitrogens with zero attached hydrogens (tertiary/aromatic N) is 1. The summed E-state index contributed by atoms with van der Waals surface area (Å²) in [5, 5.41) is 0. The van der Waals surface area contributed by atoms with Crippen molar-refractivity contribution in [3.8, 4) is 0 Å². The normalized spacial score (nSPS) is 16.6. The first kappa shape index (κ1) is 13.3. The molecule has 1 aliphatic rings. The molecule has 4 heteroatoms. The van der Waals surface area contributed by atoms with E-state index in [-0.39, 0.29) is 0 Å². The van der Waals surface area contributed by atoms with E-state index in [0.717, 1.165) is 37.3 Å². The van der Waals surface area contributed by atoms with Gasteiger partial charge in [0.2, 0.25) is 0 Å². The molecule has 0 aliphatic carbocycles. The number of hydrogen-bond donors (Lipinski definition) is 1. The molecule has 1 fully saturated rings. The fourth-order valence-electron chi connectivity index (χ4n) is 2.41. The van der Waals surface area contributed by atoms with Crippen molar-refractivity contribution < 1.29 is 4.74 Å². The predicted molar refractivity (Wildman–Crippen MR) is 79.3 cm³/mol. The van der Waals surface area contributed by atoms with Gasteiger partial charge in [-0.25, -0.2) is 0 Å². The van der Waals surface area contributed by atoms with Crippen LogP contribution in [-0.2, 0) is 4.74 Å². The van der Waals surface area contributed by atoms with Gasteiger partial charge in [-0.05, 0) is 37.5 Å². The summed E-state index contributed by atoms with van der Waals surface area (Å²) >= 11 is 5.14. The van der Waals surface area contributed by atoms with Crippen molar-refractivity contribution in [3.05, 3.63) is 29.3 Å². The van der Waals surface area contributed by atoms with Crippen LogP contribution in [-0.4, -0.2) is 31.3 Å². The van der Waals surface area contributed by atoms with E-state index in [1.165, 1.54) is 5.56 Å².